The van der Waals surface area contributed by atoms with Gasteiger partial charge in [0.2, 0.25) is 0 Å². The van der Waals surface area contributed by atoms with Crippen LogP contribution in [0.2, 0.25) is 5.02 Å². The maximum Gasteiger partial charge on any atom is 0.127 e. The number of hydrogen-bond acceptors (Lipinski definition) is 2. The molecule has 0 aliphatic carbocycles. The zero-order valence-corrected chi connectivity index (χ0v) is 10.1. The van der Waals surface area contributed by atoms with Crippen molar-refractivity contribution >= 4 is 11.6 Å². The predicted octanol–water partition coefficient (Wildman–Crippen LogP) is 2.53. The Morgan fingerprint density at radius 3 is 2.00 bits per heavy atom. The first-order valence-corrected chi connectivity index (χ1v) is 5.78. The van der Waals surface area contributed by atoms with Crippen LogP contribution in [0.1, 0.15) is 11.1 Å². The van der Waals surface area contributed by atoms with Gasteiger partial charge in [0, 0.05) is 11.6 Å². The summed E-state index contributed by atoms with van der Waals surface area (Å²) in [5.74, 6) is 0. The van der Waals surface area contributed by atoms with Gasteiger partial charge in [-0.05, 0) is 23.3 Å². The quantitative estimate of drug-likeness (QED) is 0.876. The van der Waals surface area contributed by atoms with E-state index in [0.717, 1.165) is 11.1 Å². The van der Waals surface area contributed by atoms with Crippen LogP contribution in [0.25, 0.3) is 0 Å². The SMILES string of the molecule is NCC(O)(c1ccccc1)c1ccc(Cl)cc1. The second-order valence-electron chi connectivity index (χ2n) is 3.94. The number of benzene rings is 2. The van der Waals surface area contributed by atoms with Gasteiger partial charge < -0.3 is 10.8 Å². The van der Waals surface area contributed by atoms with Crippen LogP contribution >= 0.6 is 11.6 Å². The summed E-state index contributed by atoms with van der Waals surface area (Å²) in [7, 11) is 0. The minimum absolute atomic E-state index is 0.124. The summed E-state index contributed by atoms with van der Waals surface area (Å²) in [5, 5.41) is 11.3. The van der Waals surface area contributed by atoms with E-state index < -0.39 is 5.60 Å². The van der Waals surface area contributed by atoms with E-state index in [1.807, 2.05) is 30.3 Å². The van der Waals surface area contributed by atoms with E-state index in [-0.39, 0.29) is 6.54 Å². The lowest BCUT2D eigenvalue weighted by atomic mass is 9.86. The topological polar surface area (TPSA) is 46.2 Å². The van der Waals surface area contributed by atoms with E-state index in [9.17, 15) is 5.11 Å². The van der Waals surface area contributed by atoms with Crippen LogP contribution in [0.3, 0.4) is 0 Å². The summed E-state index contributed by atoms with van der Waals surface area (Å²) >= 11 is 5.84. The highest BCUT2D eigenvalue weighted by Gasteiger charge is 2.29. The van der Waals surface area contributed by atoms with E-state index in [0.29, 0.717) is 5.02 Å². The zero-order valence-electron chi connectivity index (χ0n) is 9.31. The number of nitrogens with two attached hydrogens (primary N) is 1. The summed E-state index contributed by atoms with van der Waals surface area (Å²) in [6, 6.07) is 16.5. The van der Waals surface area contributed by atoms with Crippen LogP contribution in [0, 0.1) is 0 Å². The highest BCUT2D eigenvalue weighted by molar-refractivity contribution is 6.30. The Morgan fingerprint density at radius 1 is 0.941 bits per heavy atom. The van der Waals surface area contributed by atoms with Crippen molar-refractivity contribution in [1.29, 1.82) is 0 Å². The van der Waals surface area contributed by atoms with Gasteiger partial charge in [-0.2, -0.15) is 0 Å². The molecule has 3 N–H and O–H groups in total. The van der Waals surface area contributed by atoms with Crippen molar-refractivity contribution in [1.82, 2.24) is 0 Å². The molecule has 0 amide bonds. The van der Waals surface area contributed by atoms with Crippen molar-refractivity contribution in [2.24, 2.45) is 5.73 Å². The van der Waals surface area contributed by atoms with Gasteiger partial charge in [-0.1, -0.05) is 54.1 Å². The zero-order chi connectivity index (χ0) is 12.3. The third kappa shape index (κ3) is 2.34. The highest BCUT2D eigenvalue weighted by Crippen LogP contribution is 2.29. The number of rotatable bonds is 3. The fourth-order valence-electron chi connectivity index (χ4n) is 1.84. The fourth-order valence-corrected chi connectivity index (χ4v) is 1.97. The van der Waals surface area contributed by atoms with Gasteiger partial charge in [-0.25, -0.2) is 0 Å². The molecule has 0 heterocycles. The number of aliphatic hydroxyl groups is 1. The molecule has 0 spiro atoms. The van der Waals surface area contributed by atoms with E-state index in [1.54, 1.807) is 24.3 Å². The van der Waals surface area contributed by atoms with Gasteiger partial charge in [-0.3, -0.25) is 0 Å². The molecule has 0 bridgehead atoms. The third-order valence-electron chi connectivity index (χ3n) is 2.87. The van der Waals surface area contributed by atoms with E-state index >= 15 is 0 Å². The monoisotopic (exact) mass is 247 g/mol. The Bertz CT molecular complexity index is 483. The average Bonchev–Trinajstić information content (AvgIpc) is 2.40. The van der Waals surface area contributed by atoms with Crippen molar-refractivity contribution in [2.75, 3.05) is 6.54 Å². The summed E-state index contributed by atoms with van der Waals surface area (Å²) in [6.45, 7) is 0.124. The van der Waals surface area contributed by atoms with Gasteiger partial charge in [0.25, 0.3) is 0 Å². The highest BCUT2D eigenvalue weighted by atomic mass is 35.5. The maximum absolute atomic E-state index is 10.7. The molecule has 0 aliphatic rings. The molecule has 2 rings (SSSR count). The summed E-state index contributed by atoms with van der Waals surface area (Å²) in [5.41, 5.74) is 6.09. The molecule has 0 fully saturated rings. The molecule has 2 nitrogen and oxygen atoms in total. The van der Waals surface area contributed by atoms with E-state index in [1.165, 1.54) is 0 Å². The van der Waals surface area contributed by atoms with E-state index in [4.69, 9.17) is 17.3 Å². The molecule has 3 heteroatoms. The molecule has 0 saturated carbocycles. The number of halogens is 1. The van der Waals surface area contributed by atoms with E-state index in [2.05, 4.69) is 0 Å². The maximum atomic E-state index is 10.7. The van der Waals surface area contributed by atoms with Crippen molar-refractivity contribution in [3.05, 3.63) is 70.7 Å². The predicted molar refractivity (Wildman–Crippen MR) is 69.9 cm³/mol. The molecule has 1 unspecified atom stereocenters. The molecule has 17 heavy (non-hydrogen) atoms. The molecule has 2 aromatic rings. The summed E-state index contributed by atoms with van der Waals surface area (Å²) in [4.78, 5) is 0. The van der Waals surface area contributed by atoms with Crippen LogP contribution in [0.4, 0.5) is 0 Å². The first-order valence-electron chi connectivity index (χ1n) is 5.41. The van der Waals surface area contributed by atoms with Crippen molar-refractivity contribution in [3.63, 3.8) is 0 Å². The van der Waals surface area contributed by atoms with Crippen LogP contribution in [0.5, 0.6) is 0 Å². The first kappa shape index (κ1) is 12.1. The number of hydrogen-bond donors (Lipinski definition) is 2. The molecule has 0 radical (unpaired) electrons. The summed E-state index contributed by atoms with van der Waals surface area (Å²) in [6.07, 6.45) is 0. The Morgan fingerprint density at radius 2 is 1.47 bits per heavy atom. The smallest absolute Gasteiger partial charge is 0.127 e. The molecule has 0 aliphatic heterocycles. The lowest BCUT2D eigenvalue weighted by Gasteiger charge is -2.27. The van der Waals surface area contributed by atoms with Crippen LogP contribution in [-0.2, 0) is 5.60 Å². The van der Waals surface area contributed by atoms with Gasteiger partial charge >= 0.3 is 0 Å². The standard InChI is InChI=1S/C14H14ClNO/c15-13-8-6-12(7-9-13)14(17,10-16)11-4-2-1-3-5-11/h1-9,17H,10,16H2. The Kier molecular flexibility index (Phi) is 3.48. The third-order valence-corrected chi connectivity index (χ3v) is 3.12. The molecule has 88 valence electrons. The second-order valence-corrected chi connectivity index (χ2v) is 4.37. The molecule has 2 aromatic carbocycles. The Labute approximate surface area is 106 Å². The molecule has 0 aromatic heterocycles. The van der Waals surface area contributed by atoms with Crippen LogP contribution < -0.4 is 5.73 Å². The van der Waals surface area contributed by atoms with Crippen molar-refractivity contribution < 1.29 is 5.11 Å². The van der Waals surface area contributed by atoms with Crippen LogP contribution in [-0.4, -0.2) is 11.7 Å². The Hall–Kier alpha value is -1.35. The second kappa shape index (κ2) is 4.88. The van der Waals surface area contributed by atoms with Gasteiger partial charge in [0.1, 0.15) is 5.60 Å². The van der Waals surface area contributed by atoms with Gasteiger partial charge in [-0.15, -0.1) is 0 Å². The largest absolute Gasteiger partial charge is 0.379 e. The lowest BCUT2D eigenvalue weighted by Crippen LogP contribution is -2.36. The summed E-state index contributed by atoms with van der Waals surface area (Å²) < 4.78 is 0. The minimum Gasteiger partial charge on any atom is -0.379 e. The molecule has 1 atom stereocenters. The van der Waals surface area contributed by atoms with Crippen molar-refractivity contribution in [2.45, 2.75) is 5.60 Å². The average molecular weight is 248 g/mol. The molecular formula is C14H14ClNO. The Balaban J connectivity index is 2.48. The van der Waals surface area contributed by atoms with Crippen molar-refractivity contribution in [3.8, 4) is 0 Å². The minimum atomic E-state index is -1.16. The molecular weight excluding hydrogens is 234 g/mol. The molecule has 0 saturated heterocycles. The van der Waals surface area contributed by atoms with Gasteiger partial charge in [0.05, 0.1) is 0 Å². The normalized spacial score (nSPS) is 14.3. The fraction of sp³-hybridized carbons (Fsp3) is 0.143. The van der Waals surface area contributed by atoms with Gasteiger partial charge in [0.15, 0.2) is 0 Å². The lowest BCUT2D eigenvalue weighted by molar-refractivity contribution is 0.0902. The van der Waals surface area contributed by atoms with Crippen LogP contribution in [0.15, 0.2) is 54.6 Å². The first-order chi connectivity index (χ1) is 8.16.